The highest BCUT2D eigenvalue weighted by Gasteiger charge is 2.16. The third-order valence-corrected chi connectivity index (χ3v) is 10.6. The average Bonchev–Trinajstić information content (AvgIpc) is 3.15. The molecule has 0 spiro atoms. The normalized spacial score (nSPS) is 12.1. The molecule has 0 rings (SSSR count). The molecular formula is C47H90O5. The lowest BCUT2D eigenvalue weighted by Gasteiger charge is -2.15. The highest BCUT2D eigenvalue weighted by atomic mass is 16.6. The maximum atomic E-state index is 12.2. The molecule has 0 amide bonds. The van der Waals surface area contributed by atoms with Crippen molar-refractivity contribution in [3.8, 4) is 0 Å². The number of hydrogen-bond acceptors (Lipinski definition) is 5. The van der Waals surface area contributed by atoms with Crippen molar-refractivity contribution >= 4 is 11.9 Å². The molecule has 0 aromatic rings. The number of aliphatic hydroxyl groups is 1. The van der Waals surface area contributed by atoms with E-state index in [2.05, 4.69) is 26.0 Å². The first kappa shape index (κ1) is 50.6. The Hall–Kier alpha value is -1.36. The first-order valence-electron chi connectivity index (χ1n) is 23.2. The predicted octanol–water partition coefficient (Wildman–Crippen LogP) is 14.9. The van der Waals surface area contributed by atoms with E-state index in [1.807, 2.05) is 0 Å². The van der Waals surface area contributed by atoms with Gasteiger partial charge in [-0.2, -0.15) is 0 Å². The summed E-state index contributed by atoms with van der Waals surface area (Å²) in [6.45, 7) is 4.17. The number of esters is 2. The largest absolute Gasteiger partial charge is 0.462 e. The van der Waals surface area contributed by atoms with Crippen molar-refractivity contribution in [3.05, 3.63) is 12.2 Å². The van der Waals surface area contributed by atoms with Crippen LogP contribution in [0.25, 0.3) is 0 Å². The molecule has 0 aliphatic heterocycles. The van der Waals surface area contributed by atoms with E-state index in [1.165, 1.54) is 199 Å². The van der Waals surface area contributed by atoms with Gasteiger partial charge in [0.25, 0.3) is 0 Å². The molecule has 52 heavy (non-hydrogen) atoms. The molecule has 0 heterocycles. The van der Waals surface area contributed by atoms with Crippen molar-refractivity contribution < 1.29 is 24.2 Å². The number of aliphatic hydroxyl groups excluding tert-OH is 1. The van der Waals surface area contributed by atoms with Gasteiger partial charge >= 0.3 is 11.9 Å². The third kappa shape index (κ3) is 41.4. The lowest BCUT2D eigenvalue weighted by atomic mass is 10.0. The Morgan fingerprint density at radius 3 is 1.04 bits per heavy atom. The fraction of sp³-hybridized carbons (Fsp3) is 0.915. The molecule has 5 nitrogen and oxygen atoms in total. The summed E-state index contributed by atoms with van der Waals surface area (Å²) >= 11 is 0. The van der Waals surface area contributed by atoms with Crippen LogP contribution in [-0.2, 0) is 19.1 Å². The van der Waals surface area contributed by atoms with Crippen LogP contribution < -0.4 is 0 Å². The van der Waals surface area contributed by atoms with Gasteiger partial charge in [0.1, 0.15) is 6.61 Å². The van der Waals surface area contributed by atoms with Crippen molar-refractivity contribution in [3.63, 3.8) is 0 Å². The van der Waals surface area contributed by atoms with E-state index in [-0.39, 0.29) is 25.2 Å². The molecule has 0 bridgehead atoms. The molecule has 5 heteroatoms. The topological polar surface area (TPSA) is 72.8 Å². The van der Waals surface area contributed by atoms with E-state index in [1.54, 1.807) is 0 Å². The highest BCUT2D eigenvalue weighted by molar-refractivity contribution is 5.70. The number of carbonyl (C=O) groups excluding carboxylic acids is 2. The SMILES string of the molecule is CCCCCCCC/C=C\CCCCCCCCCC(=O)O[C@@H](CO)COC(=O)CCCCCCCCCCCCCCCCCCCCCCC. The van der Waals surface area contributed by atoms with Crippen LogP contribution in [-0.4, -0.2) is 36.4 Å². The Balaban J connectivity index is 3.46. The molecule has 0 saturated carbocycles. The van der Waals surface area contributed by atoms with E-state index in [0.29, 0.717) is 12.8 Å². The standard InChI is InChI=1S/C47H90O5/c1-3-5-7-9-11-13-15-17-19-21-22-23-24-26-27-29-31-33-35-37-39-41-46(49)51-44-45(43-48)52-47(50)42-40-38-36-34-32-30-28-25-20-18-16-14-12-10-8-6-4-2/h18,20,45,48H,3-17,19,21-44H2,1-2H3/b20-18-/t45-/m0/s1. The Labute approximate surface area is 324 Å². The number of hydrogen-bond donors (Lipinski definition) is 1. The summed E-state index contributed by atoms with van der Waals surface area (Å²) in [6.07, 6.45) is 51.5. The van der Waals surface area contributed by atoms with Crippen molar-refractivity contribution in [2.24, 2.45) is 0 Å². The number of unbranched alkanes of at least 4 members (excludes halogenated alkanes) is 33. The van der Waals surface area contributed by atoms with Crippen molar-refractivity contribution in [2.45, 2.75) is 264 Å². The monoisotopic (exact) mass is 735 g/mol. The minimum Gasteiger partial charge on any atom is -0.462 e. The summed E-state index contributed by atoms with van der Waals surface area (Å²) in [5.41, 5.74) is 0. The van der Waals surface area contributed by atoms with E-state index < -0.39 is 6.10 Å². The lowest BCUT2D eigenvalue weighted by molar-refractivity contribution is -0.161. The fourth-order valence-electron chi connectivity index (χ4n) is 7.02. The summed E-state index contributed by atoms with van der Waals surface area (Å²) in [5, 5.41) is 9.59. The van der Waals surface area contributed by atoms with Gasteiger partial charge in [0.15, 0.2) is 6.10 Å². The van der Waals surface area contributed by atoms with Crippen LogP contribution in [0.5, 0.6) is 0 Å². The van der Waals surface area contributed by atoms with Crippen LogP contribution in [0, 0.1) is 0 Å². The van der Waals surface area contributed by atoms with Crippen LogP contribution in [0.3, 0.4) is 0 Å². The molecule has 0 aromatic carbocycles. The summed E-state index contributed by atoms with van der Waals surface area (Å²) in [6, 6.07) is 0. The van der Waals surface area contributed by atoms with Gasteiger partial charge in [0.05, 0.1) is 6.61 Å². The summed E-state index contributed by atoms with van der Waals surface area (Å²) in [5.74, 6) is -0.580. The van der Waals surface area contributed by atoms with Gasteiger partial charge in [-0.3, -0.25) is 9.59 Å². The van der Waals surface area contributed by atoms with Crippen LogP contribution >= 0.6 is 0 Å². The summed E-state index contributed by atoms with van der Waals surface area (Å²) in [7, 11) is 0. The van der Waals surface area contributed by atoms with E-state index in [0.717, 1.165) is 32.1 Å². The third-order valence-electron chi connectivity index (χ3n) is 10.6. The van der Waals surface area contributed by atoms with E-state index >= 15 is 0 Å². The zero-order valence-corrected chi connectivity index (χ0v) is 35.1. The smallest absolute Gasteiger partial charge is 0.306 e. The Morgan fingerprint density at radius 2 is 0.712 bits per heavy atom. The molecule has 0 fully saturated rings. The van der Waals surface area contributed by atoms with Crippen molar-refractivity contribution in [1.29, 1.82) is 0 Å². The zero-order chi connectivity index (χ0) is 37.8. The molecule has 0 radical (unpaired) electrons. The van der Waals surface area contributed by atoms with E-state index in [9.17, 15) is 14.7 Å². The van der Waals surface area contributed by atoms with Gasteiger partial charge in [-0.15, -0.1) is 0 Å². The van der Waals surface area contributed by atoms with Gasteiger partial charge in [0.2, 0.25) is 0 Å². The van der Waals surface area contributed by atoms with Gasteiger partial charge in [-0.25, -0.2) is 0 Å². The maximum absolute atomic E-state index is 12.2. The molecule has 0 unspecified atom stereocenters. The Morgan fingerprint density at radius 1 is 0.423 bits per heavy atom. The second kappa shape index (κ2) is 44.0. The van der Waals surface area contributed by atoms with Gasteiger partial charge < -0.3 is 14.6 Å². The number of rotatable bonds is 43. The Kier molecular flexibility index (Phi) is 42.9. The minimum atomic E-state index is -0.768. The van der Waals surface area contributed by atoms with Gasteiger partial charge in [-0.05, 0) is 38.5 Å². The predicted molar refractivity (Wildman–Crippen MR) is 224 cm³/mol. The molecule has 0 aliphatic rings. The van der Waals surface area contributed by atoms with Crippen LogP contribution in [0.2, 0.25) is 0 Å². The molecule has 1 N–H and O–H groups in total. The number of ether oxygens (including phenoxy) is 2. The molecule has 1 atom stereocenters. The minimum absolute atomic E-state index is 0.0609. The first-order valence-corrected chi connectivity index (χ1v) is 23.2. The van der Waals surface area contributed by atoms with E-state index in [4.69, 9.17) is 9.47 Å². The number of allylic oxidation sites excluding steroid dienone is 2. The Bertz CT molecular complexity index is 750. The molecular weight excluding hydrogens is 645 g/mol. The summed E-state index contributed by atoms with van der Waals surface area (Å²) < 4.78 is 10.7. The van der Waals surface area contributed by atoms with Crippen LogP contribution in [0.15, 0.2) is 12.2 Å². The highest BCUT2D eigenvalue weighted by Crippen LogP contribution is 2.16. The van der Waals surface area contributed by atoms with Gasteiger partial charge in [0, 0.05) is 12.8 Å². The fourth-order valence-corrected chi connectivity index (χ4v) is 7.02. The van der Waals surface area contributed by atoms with Crippen LogP contribution in [0.4, 0.5) is 0 Å². The number of carbonyl (C=O) groups is 2. The molecule has 0 aliphatic carbocycles. The maximum Gasteiger partial charge on any atom is 0.306 e. The quantitative estimate of drug-likeness (QED) is 0.0383. The van der Waals surface area contributed by atoms with Crippen LogP contribution in [0.1, 0.15) is 258 Å². The first-order chi connectivity index (χ1) is 25.6. The average molecular weight is 735 g/mol. The van der Waals surface area contributed by atoms with Gasteiger partial charge in [-0.1, -0.05) is 219 Å². The molecule has 0 aromatic heterocycles. The molecule has 308 valence electrons. The lowest BCUT2D eigenvalue weighted by Crippen LogP contribution is -2.28. The zero-order valence-electron chi connectivity index (χ0n) is 35.1. The molecule has 0 saturated heterocycles. The summed E-state index contributed by atoms with van der Waals surface area (Å²) in [4.78, 5) is 24.4. The van der Waals surface area contributed by atoms with Crippen molar-refractivity contribution in [2.75, 3.05) is 13.2 Å². The second-order valence-electron chi connectivity index (χ2n) is 15.8. The van der Waals surface area contributed by atoms with Crippen molar-refractivity contribution in [1.82, 2.24) is 0 Å². The second-order valence-corrected chi connectivity index (χ2v) is 15.8.